The summed E-state index contributed by atoms with van der Waals surface area (Å²) in [6.45, 7) is 3.10. The van der Waals surface area contributed by atoms with Gasteiger partial charge in [-0.3, -0.25) is 0 Å². The van der Waals surface area contributed by atoms with Gasteiger partial charge in [-0.25, -0.2) is 0 Å². The predicted molar refractivity (Wildman–Crippen MR) is 79.2 cm³/mol. The molecule has 0 aromatic heterocycles. The molecule has 1 aliphatic rings. The molecular formula is C17H24F3N. The third kappa shape index (κ3) is 5.70. The highest BCUT2D eigenvalue weighted by Crippen LogP contribution is 2.34. The lowest BCUT2D eigenvalue weighted by atomic mass is 9.99. The Hall–Kier alpha value is -1.03. The summed E-state index contributed by atoms with van der Waals surface area (Å²) in [6, 6.07) is 5.98. The summed E-state index contributed by atoms with van der Waals surface area (Å²) in [6.07, 6.45) is 2.69. The molecule has 21 heavy (non-hydrogen) atoms. The minimum atomic E-state index is -4.25. The molecule has 0 saturated heterocycles. The summed E-state index contributed by atoms with van der Waals surface area (Å²) >= 11 is 0. The molecule has 4 heteroatoms. The minimum Gasteiger partial charge on any atom is -0.314 e. The van der Waals surface area contributed by atoms with E-state index in [9.17, 15) is 13.2 Å². The number of benzene rings is 1. The third-order valence-corrected chi connectivity index (χ3v) is 4.07. The van der Waals surface area contributed by atoms with E-state index in [1.54, 1.807) is 12.1 Å². The van der Waals surface area contributed by atoms with Crippen LogP contribution in [-0.4, -0.2) is 12.6 Å². The van der Waals surface area contributed by atoms with Crippen LogP contribution in [-0.2, 0) is 12.6 Å². The van der Waals surface area contributed by atoms with Gasteiger partial charge in [0.1, 0.15) is 0 Å². The third-order valence-electron chi connectivity index (χ3n) is 4.07. The van der Waals surface area contributed by atoms with Crippen molar-refractivity contribution in [3.63, 3.8) is 0 Å². The Morgan fingerprint density at radius 1 is 1.19 bits per heavy atom. The second kappa shape index (κ2) is 7.30. The molecule has 1 aromatic rings. The average molecular weight is 299 g/mol. The van der Waals surface area contributed by atoms with Crippen LogP contribution in [0.2, 0.25) is 0 Å². The molecule has 1 atom stereocenters. The topological polar surface area (TPSA) is 12.0 Å². The average Bonchev–Trinajstić information content (AvgIpc) is 3.25. The highest BCUT2D eigenvalue weighted by Gasteiger charge is 2.30. The first-order valence-corrected chi connectivity index (χ1v) is 7.88. The Morgan fingerprint density at radius 3 is 2.38 bits per heavy atom. The molecule has 118 valence electrons. The van der Waals surface area contributed by atoms with Gasteiger partial charge in [0, 0.05) is 6.04 Å². The first-order valence-electron chi connectivity index (χ1n) is 7.88. The molecule has 0 spiro atoms. The summed E-state index contributed by atoms with van der Waals surface area (Å²) in [4.78, 5) is 0. The van der Waals surface area contributed by atoms with Gasteiger partial charge in [0.15, 0.2) is 0 Å². The van der Waals surface area contributed by atoms with Crippen molar-refractivity contribution < 1.29 is 13.2 Å². The zero-order valence-electron chi connectivity index (χ0n) is 12.5. The number of hydrogen-bond donors (Lipinski definition) is 1. The highest BCUT2D eigenvalue weighted by atomic mass is 19.4. The molecular weight excluding hydrogens is 275 g/mol. The molecule has 0 radical (unpaired) electrons. The smallest absolute Gasteiger partial charge is 0.314 e. The van der Waals surface area contributed by atoms with E-state index in [1.807, 2.05) is 0 Å². The zero-order chi connectivity index (χ0) is 15.3. The fraction of sp³-hybridized carbons (Fsp3) is 0.647. The fourth-order valence-corrected chi connectivity index (χ4v) is 2.58. The molecule has 0 amide bonds. The maximum atomic E-state index is 12.6. The van der Waals surface area contributed by atoms with Gasteiger partial charge in [-0.1, -0.05) is 31.9 Å². The Labute approximate surface area is 124 Å². The molecule has 1 saturated carbocycles. The van der Waals surface area contributed by atoms with Gasteiger partial charge in [0.25, 0.3) is 0 Å². The first-order chi connectivity index (χ1) is 9.99. The number of alkyl halides is 3. The van der Waals surface area contributed by atoms with Crippen molar-refractivity contribution in [2.45, 2.75) is 57.7 Å². The molecule has 1 aromatic carbocycles. The summed E-state index contributed by atoms with van der Waals surface area (Å²) < 4.78 is 37.7. The van der Waals surface area contributed by atoms with Crippen molar-refractivity contribution in [1.82, 2.24) is 5.32 Å². The van der Waals surface area contributed by atoms with Gasteiger partial charge in [0.05, 0.1) is 5.56 Å². The van der Waals surface area contributed by atoms with Crippen LogP contribution in [0.1, 0.15) is 50.2 Å². The van der Waals surface area contributed by atoms with Crippen molar-refractivity contribution in [2.24, 2.45) is 5.92 Å². The minimum absolute atomic E-state index is 0.377. The Bertz CT molecular complexity index is 421. The summed E-state index contributed by atoms with van der Waals surface area (Å²) in [5, 5.41) is 3.52. The summed E-state index contributed by atoms with van der Waals surface area (Å²) in [5.74, 6) is 0.892. The van der Waals surface area contributed by atoms with Crippen LogP contribution in [0.4, 0.5) is 13.2 Å². The van der Waals surface area contributed by atoms with Crippen molar-refractivity contribution in [3.05, 3.63) is 35.4 Å². The Kier molecular flexibility index (Phi) is 5.68. The van der Waals surface area contributed by atoms with Crippen LogP contribution in [0.15, 0.2) is 24.3 Å². The SMILES string of the molecule is CCCNC(CCC1CC1)Cc1ccc(C(F)(F)F)cc1. The van der Waals surface area contributed by atoms with E-state index in [0.717, 1.165) is 37.3 Å². The second-order valence-electron chi connectivity index (χ2n) is 6.07. The molecule has 1 N–H and O–H groups in total. The maximum Gasteiger partial charge on any atom is 0.416 e. The second-order valence-corrected chi connectivity index (χ2v) is 6.07. The first kappa shape index (κ1) is 16.3. The van der Waals surface area contributed by atoms with E-state index in [1.165, 1.54) is 31.4 Å². The largest absolute Gasteiger partial charge is 0.416 e. The summed E-state index contributed by atoms with van der Waals surface area (Å²) in [7, 11) is 0. The van der Waals surface area contributed by atoms with E-state index in [-0.39, 0.29) is 0 Å². The lowest BCUT2D eigenvalue weighted by Gasteiger charge is -2.19. The van der Waals surface area contributed by atoms with E-state index in [2.05, 4.69) is 12.2 Å². The Balaban J connectivity index is 1.90. The van der Waals surface area contributed by atoms with Crippen LogP contribution in [0.3, 0.4) is 0 Å². The van der Waals surface area contributed by atoms with Crippen LogP contribution in [0.5, 0.6) is 0 Å². The van der Waals surface area contributed by atoms with Gasteiger partial charge in [0.2, 0.25) is 0 Å². The van der Waals surface area contributed by atoms with Crippen molar-refractivity contribution in [3.8, 4) is 0 Å². The molecule has 0 aliphatic heterocycles. The monoisotopic (exact) mass is 299 g/mol. The lowest BCUT2D eigenvalue weighted by Crippen LogP contribution is -2.32. The number of halogens is 3. The van der Waals surface area contributed by atoms with Crippen molar-refractivity contribution >= 4 is 0 Å². The van der Waals surface area contributed by atoms with Crippen LogP contribution >= 0.6 is 0 Å². The molecule has 1 nitrogen and oxygen atoms in total. The van der Waals surface area contributed by atoms with Crippen LogP contribution < -0.4 is 5.32 Å². The molecule has 1 fully saturated rings. The normalized spacial score (nSPS) is 17.0. The molecule has 0 bridgehead atoms. The van der Waals surface area contributed by atoms with Gasteiger partial charge in [-0.15, -0.1) is 0 Å². The van der Waals surface area contributed by atoms with Crippen LogP contribution in [0.25, 0.3) is 0 Å². The van der Waals surface area contributed by atoms with Gasteiger partial charge < -0.3 is 5.32 Å². The lowest BCUT2D eigenvalue weighted by molar-refractivity contribution is -0.137. The summed E-state index contributed by atoms with van der Waals surface area (Å²) in [5.41, 5.74) is 0.412. The molecule has 1 unspecified atom stereocenters. The van der Waals surface area contributed by atoms with E-state index in [4.69, 9.17) is 0 Å². The van der Waals surface area contributed by atoms with E-state index in [0.29, 0.717) is 6.04 Å². The quantitative estimate of drug-likeness (QED) is 0.726. The van der Waals surface area contributed by atoms with Gasteiger partial charge in [-0.05, 0) is 55.8 Å². The van der Waals surface area contributed by atoms with Crippen molar-refractivity contribution in [2.75, 3.05) is 6.54 Å². The number of hydrogen-bond acceptors (Lipinski definition) is 1. The standard InChI is InChI=1S/C17H24F3N/c1-2-11-21-16(10-7-13-3-4-13)12-14-5-8-15(9-6-14)17(18,19)20/h5-6,8-9,13,16,21H,2-4,7,10-12H2,1H3. The van der Waals surface area contributed by atoms with Gasteiger partial charge in [-0.2, -0.15) is 13.2 Å². The fourth-order valence-electron chi connectivity index (χ4n) is 2.58. The number of rotatable bonds is 8. The number of nitrogens with one attached hydrogen (secondary N) is 1. The molecule has 2 rings (SSSR count). The maximum absolute atomic E-state index is 12.6. The zero-order valence-corrected chi connectivity index (χ0v) is 12.5. The molecule has 1 aliphatic carbocycles. The van der Waals surface area contributed by atoms with Crippen molar-refractivity contribution in [1.29, 1.82) is 0 Å². The molecule has 0 heterocycles. The van der Waals surface area contributed by atoms with Gasteiger partial charge >= 0.3 is 6.18 Å². The van der Waals surface area contributed by atoms with E-state index >= 15 is 0 Å². The predicted octanol–water partition coefficient (Wildman–Crippen LogP) is 4.81. The highest BCUT2D eigenvalue weighted by molar-refractivity contribution is 5.25. The van der Waals surface area contributed by atoms with E-state index < -0.39 is 11.7 Å². The Morgan fingerprint density at radius 2 is 1.86 bits per heavy atom. The van der Waals surface area contributed by atoms with Crippen LogP contribution in [0, 0.1) is 5.92 Å².